The van der Waals surface area contributed by atoms with E-state index in [2.05, 4.69) is 0 Å². The van der Waals surface area contributed by atoms with E-state index in [9.17, 15) is 24.6 Å². The topological polar surface area (TPSA) is 86.3 Å². The summed E-state index contributed by atoms with van der Waals surface area (Å²) in [6.07, 6.45) is 0. The van der Waals surface area contributed by atoms with Crippen molar-refractivity contribution in [3.05, 3.63) is 42.2 Å². The van der Waals surface area contributed by atoms with Crippen LogP contribution in [-0.4, -0.2) is 9.85 Å². The third-order valence-corrected chi connectivity index (χ3v) is 2.26. The molecule has 0 aromatic heterocycles. The van der Waals surface area contributed by atoms with Crippen molar-refractivity contribution in [2.45, 2.75) is 0 Å². The molecule has 0 aliphatic rings. The molecule has 0 spiro atoms. The molecule has 1 aromatic carbocycles. The van der Waals surface area contributed by atoms with Crippen molar-refractivity contribution in [1.29, 1.82) is 0 Å². The van der Waals surface area contributed by atoms with E-state index >= 15 is 0 Å². The molecule has 0 atom stereocenters. The van der Waals surface area contributed by atoms with Gasteiger partial charge in [0.15, 0.2) is 0 Å². The minimum Gasteiger partial charge on any atom is -0.258 e. The minimum absolute atomic E-state index is 0.452. The van der Waals surface area contributed by atoms with Crippen LogP contribution in [-0.2, 0) is 0 Å². The second-order valence-electron chi connectivity index (χ2n) is 2.37. The molecule has 9 heteroatoms. The molecule has 0 saturated heterocycles. The average molecular weight is 255 g/mol. The summed E-state index contributed by atoms with van der Waals surface area (Å²) in [6.45, 7) is 0. The summed E-state index contributed by atoms with van der Waals surface area (Å²) in [7, 11) is 0. The SMILES string of the molecule is O=[N+]([O-])c1cc(Cl)c(Cl)c(F)c1[N+](=O)[O-]. The fourth-order valence-electron chi connectivity index (χ4n) is 0.886. The van der Waals surface area contributed by atoms with Crippen molar-refractivity contribution in [3.8, 4) is 0 Å². The molecule has 6 nitrogen and oxygen atoms in total. The highest BCUT2D eigenvalue weighted by molar-refractivity contribution is 6.42. The zero-order valence-electron chi connectivity index (χ0n) is 6.74. The zero-order chi connectivity index (χ0) is 11.7. The first-order valence-electron chi connectivity index (χ1n) is 3.32. The van der Waals surface area contributed by atoms with Crippen LogP contribution in [0.1, 0.15) is 0 Å². The first-order chi connectivity index (χ1) is 6.86. The number of benzene rings is 1. The quantitative estimate of drug-likeness (QED) is 0.461. The Morgan fingerprint density at radius 3 is 2.13 bits per heavy atom. The van der Waals surface area contributed by atoms with Crippen LogP contribution in [0.2, 0.25) is 10.0 Å². The van der Waals surface area contributed by atoms with Gasteiger partial charge in [-0.15, -0.1) is 0 Å². The maximum atomic E-state index is 13.2. The molecule has 0 heterocycles. The van der Waals surface area contributed by atoms with E-state index in [0.717, 1.165) is 0 Å². The standard InChI is InChI=1S/C6HCl2FN2O4/c7-2-1-3(10(12)13)6(11(14)15)5(9)4(2)8/h1H. The van der Waals surface area contributed by atoms with Crippen molar-refractivity contribution < 1.29 is 14.2 Å². The number of rotatable bonds is 2. The van der Waals surface area contributed by atoms with Crippen molar-refractivity contribution in [1.82, 2.24) is 0 Å². The largest absolute Gasteiger partial charge is 0.382 e. The number of nitro benzene ring substituents is 2. The Morgan fingerprint density at radius 1 is 1.20 bits per heavy atom. The lowest BCUT2D eigenvalue weighted by Gasteiger charge is -1.99. The van der Waals surface area contributed by atoms with E-state index in [1.807, 2.05) is 0 Å². The van der Waals surface area contributed by atoms with Crippen LogP contribution in [0, 0.1) is 26.0 Å². The Bertz CT molecular complexity index is 465. The lowest BCUT2D eigenvalue weighted by atomic mass is 10.2. The molecule has 0 saturated carbocycles. The van der Waals surface area contributed by atoms with E-state index in [1.54, 1.807) is 0 Å². The predicted molar refractivity (Wildman–Crippen MR) is 49.7 cm³/mol. The van der Waals surface area contributed by atoms with E-state index in [-0.39, 0.29) is 0 Å². The van der Waals surface area contributed by atoms with Gasteiger partial charge in [-0.1, -0.05) is 23.2 Å². The van der Waals surface area contributed by atoms with E-state index < -0.39 is 37.1 Å². The maximum Gasteiger partial charge on any atom is 0.382 e. The van der Waals surface area contributed by atoms with Gasteiger partial charge >= 0.3 is 11.4 Å². The fourth-order valence-corrected chi connectivity index (χ4v) is 1.22. The van der Waals surface area contributed by atoms with Gasteiger partial charge in [0.25, 0.3) is 0 Å². The summed E-state index contributed by atoms with van der Waals surface area (Å²) >= 11 is 10.6. The molecule has 80 valence electrons. The molecule has 0 bridgehead atoms. The summed E-state index contributed by atoms with van der Waals surface area (Å²) in [4.78, 5) is 18.4. The van der Waals surface area contributed by atoms with Gasteiger partial charge < -0.3 is 0 Å². The van der Waals surface area contributed by atoms with Crippen LogP contribution in [0.3, 0.4) is 0 Å². The van der Waals surface area contributed by atoms with Gasteiger partial charge in [0.05, 0.1) is 14.9 Å². The molecule has 1 aromatic rings. The Morgan fingerprint density at radius 2 is 1.73 bits per heavy atom. The fraction of sp³-hybridized carbons (Fsp3) is 0. The highest BCUT2D eigenvalue weighted by Crippen LogP contribution is 2.38. The monoisotopic (exact) mass is 254 g/mol. The lowest BCUT2D eigenvalue weighted by molar-refractivity contribution is -0.424. The van der Waals surface area contributed by atoms with Gasteiger partial charge in [0, 0.05) is 6.07 Å². The highest BCUT2D eigenvalue weighted by Gasteiger charge is 2.33. The summed E-state index contributed by atoms with van der Waals surface area (Å²) in [5.74, 6) is -1.51. The summed E-state index contributed by atoms with van der Waals surface area (Å²) < 4.78 is 13.2. The van der Waals surface area contributed by atoms with Crippen LogP contribution in [0.4, 0.5) is 15.8 Å². The molecule has 15 heavy (non-hydrogen) atoms. The van der Waals surface area contributed by atoms with Crippen molar-refractivity contribution in [3.63, 3.8) is 0 Å². The minimum atomic E-state index is -1.51. The highest BCUT2D eigenvalue weighted by atomic mass is 35.5. The third kappa shape index (κ3) is 1.97. The third-order valence-electron chi connectivity index (χ3n) is 1.50. The Labute approximate surface area is 91.5 Å². The first-order valence-corrected chi connectivity index (χ1v) is 4.08. The number of nitro groups is 2. The van der Waals surface area contributed by atoms with Crippen LogP contribution in [0.5, 0.6) is 0 Å². The molecule has 0 fully saturated rings. The molecule has 1 rings (SSSR count). The molecule has 0 aliphatic carbocycles. The molecule has 0 unspecified atom stereocenters. The normalized spacial score (nSPS) is 10.1. The van der Waals surface area contributed by atoms with Crippen LogP contribution in [0.15, 0.2) is 6.07 Å². The van der Waals surface area contributed by atoms with Gasteiger partial charge in [0.1, 0.15) is 5.02 Å². The predicted octanol–water partition coefficient (Wildman–Crippen LogP) is 2.95. The number of hydrogen-bond acceptors (Lipinski definition) is 4. The molecule has 0 aliphatic heterocycles. The summed E-state index contributed by atoms with van der Waals surface area (Å²) in [5.41, 5.74) is -2.33. The van der Waals surface area contributed by atoms with E-state index in [0.29, 0.717) is 6.07 Å². The van der Waals surface area contributed by atoms with E-state index in [4.69, 9.17) is 23.2 Å². The van der Waals surface area contributed by atoms with Crippen molar-refractivity contribution in [2.24, 2.45) is 0 Å². The van der Waals surface area contributed by atoms with Crippen LogP contribution >= 0.6 is 23.2 Å². The van der Waals surface area contributed by atoms with Gasteiger partial charge in [-0.05, 0) is 0 Å². The maximum absolute atomic E-state index is 13.2. The van der Waals surface area contributed by atoms with Crippen molar-refractivity contribution in [2.75, 3.05) is 0 Å². The Balaban J connectivity index is 3.65. The molecule has 0 radical (unpaired) electrons. The summed E-state index contributed by atoms with van der Waals surface area (Å²) in [5, 5.41) is 19.6. The number of halogens is 3. The van der Waals surface area contributed by atoms with Gasteiger partial charge in [-0.25, -0.2) is 0 Å². The second-order valence-corrected chi connectivity index (χ2v) is 3.15. The van der Waals surface area contributed by atoms with E-state index in [1.165, 1.54) is 0 Å². The van der Waals surface area contributed by atoms with Crippen LogP contribution < -0.4 is 0 Å². The van der Waals surface area contributed by atoms with Gasteiger partial charge in [0.2, 0.25) is 5.82 Å². The van der Waals surface area contributed by atoms with Crippen molar-refractivity contribution >= 4 is 34.6 Å². The molecule has 0 N–H and O–H groups in total. The number of nitrogens with zero attached hydrogens (tertiary/aromatic N) is 2. The second kappa shape index (κ2) is 3.95. The lowest BCUT2D eigenvalue weighted by Crippen LogP contribution is -2.00. The molecular weight excluding hydrogens is 254 g/mol. The molecule has 0 amide bonds. The first kappa shape index (κ1) is 11.6. The van der Waals surface area contributed by atoms with Crippen LogP contribution in [0.25, 0.3) is 0 Å². The Kier molecular flexibility index (Phi) is 3.06. The van der Waals surface area contributed by atoms with Gasteiger partial charge in [-0.2, -0.15) is 4.39 Å². The molecular formula is C6HCl2FN2O4. The number of hydrogen-bond donors (Lipinski definition) is 0. The Hall–Kier alpha value is -1.47. The smallest absolute Gasteiger partial charge is 0.258 e. The average Bonchev–Trinajstić information content (AvgIpc) is 2.12. The van der Waals surface area contributed by atoms with Gasteiger partial charge in [-0.3, -0.25) is 20.2 Å². The zero-order valence-corrected chi connectivity index (χ0v) is 8.25. The summed E-state index contributed by atoms with van der Waals surface area (Å²) in [6, 6.07) is 0.630.